The van der Waals surface area contributed by atoms with E-state index in [9.17, 15) is 0 Å². The summed E-state index contributed by atoms with van der Waals surface area (Å²) in [6.45, 7) is 10.4. The summed E-state index contributed by atoms with van der Waals surface area (Å²) in [5, 5.41) is 0. The zero-order valence-corrected chi connectivity index (χ0v) is 17.6. The molecule has 0 atom stereocenters. The van der Waals surface area contributed by atoms with E-state index in [1.54, 1.807) is 0 Å². The molecule has 0 aliphatic carbocycles. The minimum atomic E-state index is -1.89. The molecule has 2 nitrogen and oxygen atoms in total. The number of hydrogen-bond donors (Lipinski definition) is 0. The molecule has 0 bridgehead atoms. The highest BCUT2D eigenvalue weighted by Crippen LogP contribution is 2.24. The molecule has 0 fully saturated rings. The van der Waals surface area contributed by atoms with Gasteiger partial charge in [-0.2, -0.15) is 0 Å². The molecular formula is C20H44O2Si. The van der Waals surface area contributed by atoms with E-state index in [1.807, 2.05) is 0 Å². The van der Waals surface area contributed by atoms with Crippen molar-refractivity contribution in [1.82, 2.24) is 0 Å². The van der Waals surface area contributed by atoms with Crippen molar-refractivity contribution in [3.63, 3.8) is 0 Å². The fraction of sp³-hybridized carbons (Fsp3) is 1.00. The van der Waals surface area contributed by atoms with Crippen molar-refractivity contribution in [3.8, 4) is 0 Å². The van der Waals surface area contributed by atoms with Crippen molar-refractivity contribution in [2.24, 2.45) is 0 Å². The summed E-state index contributed by atoms with van der Waals surface area (Å²) in [7, 11) is -1.89. The largest absolute Gasteiger partial charge is 0.394 e. The van der Waals surface area contributed by atoms with Gasteiger partial charge in [0.1, 0.15) is 0 Å². The van der Waals surface area contributed by atoms with Gasteiger partial charge in [0, 0.05) is 13.2 Å². The second-order valence-electron chi connectivity index (χ2n) is 6.81. The quantitative estimate of drug-likeness (QED) is 0.193. The van der Waals surface area contributed by atoms with Gasteiger partial charge in [-0.1, -0.05) is 90.9 Å². The highest BCUT2D eigenvalue weighted by atomic mass is 28.4. The van der Waals surface area contributed by atoms with E-state index in [1.165, 1.54) is 83.1 Å². The maximum atomic E-state index is 6.12. The van der Waals surface area contributed by atoms with E-state index >= 15 is 0 Å². The van der Waals surface area contributed by atoms with Crippen LogP contribution in [0.2, 0.25) is 12.1 Å². The Morgan fingerprint density at radius 1 is 0.478 bits per heavy atom. The topological polar surface area (TPSA) is 18.5 Å². The van der Waals surface area contributed by atoms with Gasteiger partial charge in [0.25, 0.3) is 0 Å². The molecule has 0 aromatic carbocycles. The van der Waals surface area contributed by atoms with Crippen LogP contribution in [0.25, 0.3) is 0 Å². The molecule has 0 rings (SSSR count). The van der Waals surface area contributed by atoms with Gasteiger partial charge >= 0.3 is 8.56 Å². The van der Waals surface area contributed by atoms with Crippen LogP contribution in [0.1, 0.15) is 105 Å². The molecule has 0 radical (unpaired) electrons. The second-order valence-corrected chi connectivity index (χ2v) is 10.2. The molecule has 0 spiro atoms. The summed E-state index contributed by atoms with van der Waals surface area (Å²) < 4.78 is 12.2. The molecule has 140 valence electrons. The lowest BCUT2D eigenvalue weighted by molar-refractivity contribution is 0.181. The summed E-state index contributed by atoms with van der Waals surface area (Å²) in [5.74, 6) is 0. The molecule has 0 saturated carbocycles. The lowest BCUT2D eigenvalue weighted by atomic mass is 10.1. The van der Waals surface area contributed by atoms with E-state index in [-0.39, 0.29) is 0 Å². The van der Waals surface area contributed by atoms with Crippen LogP contribution in [0.3, 0.4) is 0 Å². The molecular weight excluding hydrogens is 300 g/mol. The van der Waals surface area contributed by atoms with Crippen LogP contribution < -0.4 is 0 Å². The van der Waals surface area contributed by atoms with Crippen LogP contribution in [0.15, 0.2) is 0 Å². The van der Waals surface area contributed by atoms with E-state index in [4.69, 9.17) is 8.85 Å². The van der Waals surface area contributed by atoms with Gasteiger partial charge in [-0.25, -0.2) is 0 Å². The zero-order valence-electron chi connectivity index (χ0n) is 16.6. The van der Waals surface area contributed by atoms with Gasteiger partial charge < -0.3 is 8.85 Å². The van der Waals surface area contributed by atoms with Crippen LogP contribution in [0.5, 0.6) is 0 Å². The SMILES string of the molecule is CCCCCCCCCCCCC[Si](CCC)(OCC)OCC. The molecule has 0 amide bonds. The van der Waals surface area contributed by atoms with Crippen LogP contribution in [-0.2, 0) is 8.85 Å². The summed E-state index contributed by atoms with van der Waals surface area (Å²) in [5.41, 5.74) is 0. The predicted molar refractivity (Wildman–Crippen MR) is 105 cm³/mol. The monoisotopic (exact) mass is 344 g/mol. The number of hydrogen-bond acceptors (Lipinski definition) is 2. The first-order valence-corrected chi connectivity index (χ1v) is 12.8. The Morgan fingerprint density at radius 2 is 0.913 bits per heavy atom. The molecule has 3 heteroatoms. The first-order valence-electron chi connectivity index (χ1n) is 10.5. The van der Waals surface area contributed by atoms with E-state index < -0.39 is 8.56 Å². The lowest BCUT2D eigenvalue weighted by Crippen LogP contribution is -2.42. The van der Waals surface area contributed by atoms with Crippen LogP contribution in [0, 0.1) is 0 Å². The van der Waals surface area contributed by atoms with Crippen molar-refractivity contribution in [2.45, 2.75) is 117 Å². The van der Waals surface area contributed by atoms with Crippen molar-refractivity contribution >= 4 is 8.56 Å². The van der Waals surface area contributed by atoms with Crippen LogP contribution in [-0.4, -0.2) is 21.8 Å². The predicted octanol–water partition coefficient (Wildman–Crippen LogP) is 7.22. The van der Waals surface area contributed by atoms with E-state index in [0.717, 1.165) is 19.3 Å². The summed E-state index contributed by atoms with van der Waals surface area (Å²) in [6, 6.07) is 2.35. The fourth-order valence-electron chi connectivity index (χ4n) is 3.42. The lowest BCUT2D eigenvalue weighted by Gasteiger charge is -2.29. The third-order valence-corrected chi connectivity index (χ3v) is 8.61. The van der Waals surface area contributed by atoms with Gasteiger partial charge in [0.15, 0.2) is 0 Å². The number of unbranched alkanes of at least 4 members (excludes halogenated alkanes) is 10. The highest BCUT2D eigenvalue weighted by molar-refractivity contribution is 6.67. The highest BCUT2D eigenvalue weighted by Gasteiger charge is 2.35. The molecule has 0 N–H and O–H groups in total. The Balaban J connectivity index is 3.65. The summed E-state index contributed by atoms with van der Waals surface area (Å²) in [4.78, 5) is 0. The Labute approximate surface area is 148 Å². The number of rotatable bonds is 18. The first kappa shape index (κ1) is 23.1. The average molecular weight is 345 g/mol. The van der Waals surface area contributed by atoms with Crippen molar-refractivity contribution in [2.75, 3.05) is 13.2 Å². The fourth-order valence-corrected chi connectivity index (χ4v) is 6.93. The molecule has 0 aliphatic heterocycles. The molecule has 0 aromatic rings. The third kappa shape index (κ3) is 13.1. The minimum Gasteiger partial charge on any atom is -0.394 e. The molecule has 23 heavy (non-hydrogen) atoms. The van der Waals surface area contributed by atoms with Gasteiger partial charge in [-0.3, -0.25) is 0 Å². The van der Waals surface area contributed by atoms with Gasteiger partial charge in [-0.15, -0.1) is 0 Å². The molecule has 0 heterocycles. The Hall–Kier alpha value is 0.137. The molecule has 0 saturated heterocycles. The molecule has 0 aromatic heterocycles. The smallest absolute Gasteiger partial charge is 0.338 e. The molecule has 0 unspecified atom stereocenters. The third-order valence-electron chi connectivity index (χ3n) is 4.61. The average Bonchev–Trinajstić information content (AvgIpc) is 2.53. The van der Waals surface area contributed by atoms with E-state index in [0.29, 0.717) is 0 Å². The second kappa shape index (κ2) is 17.0. The Morgan fingerprint density at radius 3 is 1.30 bits per heavy atom. The van der Waals surface area contributed by atoms with Crippen LogP contribution >= 0.6 is 0 Å². The Bertz CT molecular complexity index is 217. The van der Waals surface area contributed by atoms with E-state index in [2.05, 4.69) is 27.7 Å². The standard InChI is InChI=1S/C20H44O2Si/c1-5-9-10-11-12-13-14-15-16-17-18-20-23(19-6-2,21-7-3)22-8-4/h5-20H2,1-4H3. The summed E-state index contributed by atoms with van der Waals surface area (Å²) in [6.07, 6.45) is 16.6. The maximum absolute atomic E-state index is 6.12. The van der Waals surface area contributed by atoms with Gasteiger partial charge in [0.2, 0.25) is 0 Å². The maximum Gasteiger partial charge on any atom is 0.338 e. The van der Waals surface area contributed by atoms with Crippen molar-refractivity contribution < 1.29 is 8.85 Å². The molecule has 0 aliphatic rings. The van der Waals surface area contributed by atoms with Gasteiger partial charge in [-0.05, 0) is 25.9 Å². The normalized spacial score (nSPS) is 12.0. The summed E-state index contributed by atoms with van der Waals surface area (Å²) >= 11 is 0. The minimum absolute atomic E-state index is 0.810. The van der Waals surface area contributed by atoms with Crippen molar-refractivity contribution in [3.05, 3.63) is 0 Å². The van der Waals surface area contributed by atoms with Gasteiger partial charge in [0.05, 0.1) is 0 Å². The first-order chi connectivity index (χ1) is 11.2. The van der Waals surface area contributed by atoms with Crippen LogP contribution in [0.4, 0.5) is 0 Å². The zero-order chi connectivity index (χ0) is 17.2. The van der Waals surface area contributed by atoms with Crippen molar-refractivity contribution in [1.29, 1.82) is 0 Å². The Kier molecular flexibility index (Phi) is 17.1.